The molecule has 0 aliphatic carbocycles. The minimum Gasteiger partial charge on any atom is -0.435 e. The summed E-state index contributed by atoms with van der Waals surface area (Å²) in [5, 5.41) is 0. The lowest BCUT2D eigenvalue weighted by atomic mass is 10.2. The third-order valence-corrected chi connectivity index (χ3v) is 5.87. The second-order valence-electron chi connectivity index (χ2n) is 5.78. The van der Waals surface area contributed by atoms with Crippen molar-refractivity contribution in [2.45, 2.75) is 11.5 Å². The van der Waals surface area contributed by atoms with Crippen LogP contribution in [-0.4, -0.2) is 51.6 Å². The lowest BCUT2D eigenvalue weighted by molar-refractivity contribution is -0.0498. The maximum Gasteiger partial charge on any atom is 0.387 e. The van der Waals surface area contributed by atoms with Gasteiger partial charge in [0, 0.05) is 13.1 Å². The van der Waals surface area contributed by atoms with Crippen LogP contribution in [0.3, 0.4) is 0 Å². The fourth-order valence-corrected chi connectivity index (χ4v) is 3.96. The van der Waals surface area contributed by atoms with Gasteiger partial charge in [-0.05, 0) is 48.5 Å². The van der Waals surface area contributed by atoms with Crippen molar-refractivity contribution >= 4 is 16.0 Å². The molecule has 0 amide bonds. The van der Waals surface area contributed by atoms with Crippen molar-refractivity contribution in [3.8, 4) is 11.5 Å². The number of ether oxygens (including phenoxy) is 3. The van der Waals surface area contributed by atoms with Gasteiger partial charge in [0.05, 0.1) is 23.7 Å². The minimum absolute atomic E-state index is 0.0794. The van der Waals surface area contributed by atoms with Gasteiger partial charge in [-0.15, -0.1) is 0 Å². The highest BCUT2D eigenvalue weighted by Crippen LogP contribution is 2.22. The average molecular weight is 413 g/mol. The number of halogens is 2. The van der Waals surface area contributed by atoms with Gasteiger partial charge in [-0.25, -0.2) is 13.2 Å². The molecular weight excluding hydrogens is 396 g/mol. The van der Waals surface area contributed by atoms with E-state index in [1.807, 2.05) is 0 Å². The first kappa shape index (κ1) is 20.2. The maximum atomic E-state index is 12.5. The summed E-state index contributed by atoms with van der Waals surface area (Å²) in [6.45, 7) is -1.70. The van der Waals surface area contributed by atoms with Crippen LogP contribution in [0.5, 0.6) is 11.5 Å². The first-order chi connectivity index (χ1) is 13.4. The van der Waals surface area contributed by atoms with Gasteiger partial charge in [-0.2, -0.15) is 13.1 Å². The predicted molar refractivity (Wildman–Crippen MR) is 94.1 cm³/mol. The summed E-state index contributed by atoms with van der Waals surface area (Å²) in [6, 6.07) is 10.5. The van der Waals surface area contributed by atoms with Crippen LogP contribution in [0.25, 0.3) is 0 Å². The van der Waals surface area contributed by atoms with E-state index in [0.29, 0.717) is 13.2 Å². The molecule has 10 heteroatoms. The number of benzene rings is 2. The summed E-state index contributed by atoms with van der Waals surface area (Å²) in [5.74, 6) is -0.643. The van der Waals surface area contributed by atoms with Gasteiger partial charge < -0.3 is 14.2 Å². The Labute approximate surface area is 160 Å². The number of carbonyl (C=O) groups excluding carboxylic acids is 1. The fourth-order valence-electron chi connectivity index (χ4n) is 2.55. The summed E-state index contributed by atoms with van der Waals surface area (Å²) < 4.78 is 65.2. The summed E-state index contributed by atoms with van der Waals surface area (Å²) in [5.41, 5.74) is 0.131. The van der Waals surface area contributed by atoms with E-state index in [1.165, 1.54) is 52.8 Å². The second-order valence-corrected chi connectivity index (χ2v) is 7.72. The summed E-state index contributed by atoms with van der Waals surface area (Å²) in [7, 11) is -3.64. The number of hydrogen-bond donors (Lipinski definition) is 0. The Morgan fingerprint density at radius 3 is 2.11 bits per heavy atom. The average Bonchev–Trinajstić information content (AvgIpc) is 2.69. The van der Waals surface area contributed by atoms with Crippen molar-refractivity contribution in [3.05, 3.63) is 54.1 Å². The summed E-state index contributed by atoms with van der Waals surface area (Å²) in [6.07, 6.45) is 0. The Balaban J connectivity index is 1.66. The third kappa shape index (κ3) is 4.83. The van der Waals surface area contributed by atoms with Gasteiger partial charge in [-0.1, -0.05) is 0 Å². The van der Waals surface area contributed by atoms with E-state index in [-0.39, 0.29) is 35.0 Å². The number of nitrogens with zero attached hydrogens (tertiary/aromatic N) is 1. The van der Waals surface area contributed by atoms with Crippen molar-refractivity contribution in [2.75, 3.05) is 26.3 Å². The molecule has 0 unspecified atom stereocenters. The quantitative estimate of drug-likeness (QED) is 0.535. The van der Waals surface area contributed by atoms with Crippen molar-refractivity contribution in [1.82, 2.24) is 4.31 Å². The topological polar surface area (TPSA) is 82.1 Å². The monoisotopic (exact) mass is 413 g/mol. The molecule has 0 atom stereocenters. The van der Waals surface area contributed by atoms with E-state index in [0.717, 1.165) is 0 Å². The number of sulfonamides is 1. The molecule has 0 saturated carbocycles. The van der Waals surface area contributed by atoms with Gasteiger partial charge in [-0.3, -0.25) is 0 Å². The molecule has 0 bridgehead atoms. The smallest absolute Gasteiger partial charge is 0.387 e. The highest BCUT2D eigenvalue weighted by Gasteiger charge is 2.26. The molecule has 28 heavy (non-hydrogen) atoms. The Bertz CT molecular complexity index is 910. The molecule has 1 aliphatic rings. The molecule has 2 aromatic rings. The van der Waals surface area contributed by atoms with Crippen molar-refractivity contribution in [3.63, 3.8) is 0 Å². The lowest BCUT2D eigenvalue weighted by Gasteiger charge is -2.26. The van der Waals surface area contributed by atoms with E-state index < -0.39 is 22.6 Å². The fraction of sp³-hybridized carbons (Fsp3) is 0.278. The van der Waals surface area contributed by atoms with Crippen LogP contribution in [-0.2, 0) is 14.8 Å². The van der Waals surface area contributed by atoms with E-state index in [2.05, 4.69) is 4.74 Å². The first-order valence-corrected chi connectivity index (χ1v) is 9.75. The van der Waals surface area contributed by atoms with Crippen LogP contribution in [0, 0.1) is 0 Å². The third-order valence-electron chi connectivity index (χ3n) is 3.96. The Hall–Kier alpha value is -2.56. The number of carbonyl (C=O) groups is 1. The van der Waals surface area contributed by atoms with Crippen LogP contribution in [0.15, 0.2) is 53.4 Å². The molecule has 0 spiro atoms. The van der Waals surface area contributed by atoms with E-state index in [9.17, 15) is 22.0 Å². The zero-order chi connectivity index (χ0) is 20.1. The minimum atomic E-state index is -3.64. The molecule has 2 aromatic carbocycles. The number of esters is 1. The summed E-state index contributed by atoms with van der Waals surface area (Å²) in [4.78, 5) is 12.2. The van der Waals surface area contributed by atoms with Crippen LogP contribution < -0.4 is 9.47 Å². The van der Waals surface area contributed by atoms with Gasteiger partial charge in [0.1, 0.15) is 11.5 Å². The largest absolute Gasteiger partial charge is 0.435 e. The van der Waals surface area contributed by atoms with Crippen molar-refractivity contribution in [2.24, 2.45) is 0 Å². The molecule has 0 N–H and O–H groups in total. The maximum absolute atomic E-state index is 12.5. The van der Waals surface area contributed by atoms with Crippen LogP contribution in [0.4, 0.5) is 8.78 Å². The number of morpholine rings is 1. The zero-order valence-corrected chi connectivity index (χ0v) is 15.4. The van der Waals surface area contributed by atoms with Crippen LogP contribution in [0.2, 0.25) is 0 Å². The molecule has 1 fully saturated rings. The molecule has 1 heterocycles. The molecule has 7 nitrogen and oxygen atoms in total. The van der Waals surface area contributed by atoms with E-state index in [4.69, 9.17) is 9.47 Å². The van der Waals surface area contributed by atoms with Crippen LogP contribution in [0.1, 0.15) is 10.4 Å². The molecule has 0 radical (unpaired) electrons. The van der Waals surface area contributed by atoms with E-state index in [1.54, 1.807) is 0 Å². The molecule has 150 valence electrons. The predicted octanol–water partition coefficient (Wildman–Crippen LogP) is 2.53. The lowest BCUT2D eigenvalue weighted by Crippen LogP contribution is -2.40. The Morgan fingerprint density at radius 2 is 1.54 bits per heavy atom. The normalized spacial score (nSPS) is 15.4. The highest BCUT2D eigenvalue weighted by molar-refractivity contribution is 7.89. The SMILES string of the molecule is O=C(Oc1ccc(S(=O)(=O)N2CCOCC2)cc1)c1ccc(OC(F)F)cc1. The van der Waals surface area contributed by atoms with Gasteiger partial charge in [0.25, 0.3) is 0 Å². The van der Waals surface area contributed by atoms with Crippen LogP contribution >= 0.6 is 0 Å². The van der Waals surface area contributed by atoms with E-state index >= 15 is 0 Å². The van der Waals surface area contributed by atoms with Crippen molar-refractivity contribution < 1.29 is 36.2 Å². The number of rotatable bonds is 6. The summed E-state index contributed by atoms with van der Waals surface area (Å²) >= 11 is 0. The molecule has 3 rings (SSSR count). The van der Waals surface area contributed by atoms with Crippen molar-refractivity contribution in [1.29, 1.82) is 0 Å². The highest BCUT2D eigenvalue weighted by atomic mass is 32.2. The first-order valence-electron chi connectivity index (χ1n) is 8.31. The molecular formula is C18H17F2NO6S. The molecule has 0 aromatic heterocycles. The van der Waals surface area contributed by atoms with Gasteiger partial charge >= 0.3 is 12.6 Å². The second kappa shape index (κ2) is 8.63. The number of hydrogen-bond acceptors (Lipinski definition) is 6. The molecule has 1 aliphatic heterocycles. The van der Waals surface area contributed by atoms with Gasteiger partial charge in [0.15, 0.2) is 0 Å². The molecule has 1 saturated heterocycles. The standard InChI is InChI=1S/C18H17F2NO6S/c19-18(20)27-15-3-1-13(2-4-15)17(22)26-14-5-7-16(8-6-14)28(23,24)21-9-11-25-12-10-21/h1-8,18H,9-12H2. The zero-order valence-electron chi connectivity index (χ0n) is 14.6. The Kier molecular flexibility index (Phi) is 6.22. The number of alkyl halides is 2. The van der Waals surface area contributed by atoms with Gasteiger partial charge in [0.2, 0.25) is 10.0 Å². The Morgan fingerprint density at radius 1 is 0.964 bits per heavy atom.